The molecule has 1 aromatic heterocycles. The number of aromatic nitrogens is 1. The summed E-state index contributed by atoms with van der Waals surface area (Å²) in [5.74, 6) is -0.675. The van der Waals surface area contributed by atoms with Crippen LogP contribution in [-0.4, -0.2) is 35.1 Å². The third kappa shape index (κ3) is 5.35. The van der Waals surface area contributed by atoms with Crippen molar-refractivity contribution in [2.75, 3.05) is 6.61 Å². The number of fused-ring (bicyclic) bond motifs is 2. The van der Waals surface area contributed by atoms with E-state index in [0.29, 0.717) is 34.3 Å². The lowest BCUT2D eigenvalue weighted by Crippen LogP contribution is -2.24. The number of pyridine rings is 1. The number of Topliss-reactive ketones (excluding diaryl/α,β-unsaturated/α-hetero) is 1. The quantitative estimate of drug-likeness (QED) is 0.316. The van der Waals surface area contributed by atoms with Gasteiger partial charge in [-0.05, 0) is 51.5 Å². The second-order valence-electron chi connectivity index (χ2n) is 9.54. The van der Waals surface area contributed by atoms with E-state index in [2.05, 4.69) is 11.6 Å². The van der Waals surface area contributed by atoms with E-state index in [1.165, 1.54) is 0 Å². The van der Waals surface area contributed by atoms with Crippen LogP contribution in [0.4, 0.5) is 4.79 Å². The summed E-state index contributed by atoms with van der Waals surface area (Å²) in [6, 6.07) is 16.4. The first-order chi connectivity index (χ1) is 17.0. The van der Waals surface area contributed by atoms with Crippen LogP contribution in [0.5, 0.6) is 0 Å². The zero-order valence-electron chi connectivity index (χ0n) is 20.7. The Morgan fingerprint density at radius 3 is 2.47 bits per heavy atom. The molecule has 2 aromatic carbocycles. The molecule has 7 nitrogen and oxygen atoms in total. The van der Waals surface area contributed by atoms with Gasteiger partial charge < -0.3 is 14.2 Å². The highest BCUT2D eigenvalue weighted by atomic mass is 16.7. The number of carbonyl (C=O) groups excluding carboxylic acids is 3. The standard InChI is InChI=1S/C29H27NO6/c1-17(2)27(32)34-15-14-18-10-12-20-21(16-18)25(31)24(26(20)35-28(33)36-29(3,4)5)23-13-11-19-8-6-7-9-22(19)30-23/h6-13,16H,1,14-15H2,2-5H3. The number of rotatable bonds is 6. The first-order valence-electron chi connectivity index (χ1n) is 11.6. The molecule has 0 unspecified atom stereocenters. The lowest BCUT2D eigenvalue weighted by Gasteiger charge is -2.19. The van der Waals surface area contributed by atoms with E-state index < -0.39 is 17.7 Å². The molecule has 36 heavy (non-hydrogen) atoms. The maximum Gasteiger partial charge on any atom is 0.514 e. The molecule has 184 valence electrons. The van der Waals surface area contributed by atoms with Crippen LogP contribution in [0.25, 0.3) is 22.2 Å². The molecule has 0 saturated heterocycles. The second kappa shape index (κ2) is 9.77. The van der Waals surface area contributed by atoms with Crippen molar-refractivity contribution >= 4 is 40.1 Å². The zero-order valence-corrected chi connectivity index (χ0v) is 20.7. The van der Waals surface area contributed by atoms with Gasteiger partial charge in [-0.1, -0.05) is 43.0 Å². The highest BCUT2D eigenvalue weighted by Crippen LogP contribution is 2.40. The minimum Gasteiger partial charge on any atom is -0.462 e. The summed E-state index contributed by atoms with van der Waals surface area (Å²) in [4.78, 5) is 42.5. The van der Waals surface area contributed by atoms with Gasteiger partial charge in [-0.3, -0.25) is 4.79 Å². The molecule has 0 saturated carbocycles. The summed E-state index contributed by atoms with van der Waals surface area (Å²) in [6.45, 7) is 10.5. The van der Waals surface area contributed by atoms with Gasteiger partial charge in [0.05, 0.1) is 23.4 Å². The van der Waals surface area contributed by atoms with E-state index >= 15 is 0 Å². The minimum atomic E-state index is -0.910. The smallest absolute Gasteiger partial charge is 0.462 e. The molecule has 0 spiro atoms. The summed E-state index contributed by atoms with van der Waals surface area (Å²) in [6.07, 6.45) is -0.502. The van der Waals surface area contributed by atoms with Crippen LogP contribution in [-0.2, 0) is 25.4 Å². The number of ketones is 1. The van der Waals surface area contributed by atoms with Crippen molar-refractivity contribution < 1.29 is 28.6 Å². The van der Waals surface area contributed by atoms with Crippen molar-refractivity contribution in [3.63, 3.8) is 0 Å². The molecule has 7 heteroatoms. The predicted octanol–water partition coefficient (Wildman–Crippen LogP) is 5.91. The Bertz CT molecular complexity index is 1430. The Morgan fingerprint density at radius 2 is 1.75 bits per heavy atom. The third-order valence-corrected chi connectivity index (χ3v) is 5.43. The van der Waals surface area contributed by atoms with Gasteiger partial charge in [0, 0.05) is 28.5 Å². The average Bonchev–Trinajstić information content (AvgIpc) is 3.08. The molecule has 0 amide bonds. The number of para-hydroxylation sites is 1. The maximum absolute atomic E-state index is 13.6. The highest BCUT2D eigenvalue weighted by molar-refractivity contribution is 6.39. The van der Waals surface area contributed by atoms with Crippen LogP contribution in [0.2, 0.25) is 0 Å². The molecule has 3 aromatic rings. The summed E-state index contributed by atoms with van der Waals surface area (Å²) < 4.78 is 16.1. The predicted molar refractivity (Wildman–Crippen MR) is 136 cm³/mol. The fourth-order valence-electron chi connectivity index (χ4n) is 3.79. The Kier molecular flexibility index (Phi) is 6.75. The van der Waals surface area contributed by atoms with E-state index in [4.69, 9.17) is 14.2 Å². The van der Waals surface area contributed by atoms with Crippen LogP contribution in [0.3, 0.4) is 0 Å². The zero-order chi connectivity index (χ0) is 26.0. The van der Waals surface area contributed by atoms with Crippen molar-refractivity contribution in [3.8, 4) is 0 Å². The Balaban J connectivity index is 1.70. The van der Waals surface area contributed by atoms with Crippen molar-refractivity contribution in [1.82, 2.24) is 4.98 Å². The van der Waals surface area contributed by atoms with Gasteiger partial charge >= 0.3 is 12.1 Å². The van der Waals surface area contributed by atoms with E-state index in [1.807, 2.05) is 30.3 Å². The SMILES string of the molecule is C=C(C)C(=O)OCCc1ccc2c(c1)C(=O)C(c1ccc3ccccc3n1)=C2OC(=O)OC(C)(C)C. The number of nitrogens with zero attached hydrogens (tertiary/aromatic N) is 1. The van der Waals surface area contributed by atoms with Gasteiger partial charge in [-0.2, -0.15) is 0 Å². The van der Waals surface area contributed by atoms with Crippen molar-refractivity contribution in [2.24, 2.45) is 0 Å². The molecule has 0 N–H and O–H groups in total. The monoisotopic (exact) mass is 485 g/mol. The van der Waals surface area contributed by atoms with Gasteiger partial charge in [0.1, 0.15) is 5.60 Å². The molecule has 0 atom stereocenters. The van der Waals surface area contributed by atoms with Crippen LogP contribution in [0.1, 0.15) is 54.9 Å². The Hall–Kier alpha value is -4.26. The summed E-state index contributed by atoms with van der Waals surface area (Å²) in [5.41, 5.74) is 2.48. The van der Waals surface area contributed by atoms with Crippen LogP contribution in [0, 0.1) is 0 Å². The number of ether oxygens (including phenoxy) is 3. The molecule has 1 aliphatic rings. The van der Waals surface area contributed by atoms with Gasteiger partial charge in [0.25, 0.3) is 0 Å². The Morgan fingerprint density at radius 1 is 1.00 bits per heavy atom. The lowest BCUT2D eigenvalue weighted by atomic mass is 10.0. The Labute approximate surface area is 209 Å². The van der Waals surface area contributed by atoms with Gasteiger partial charge in [-0.15, -0.1) is 0 Å². The maximum atomic E-state index is 13.6. The fourth-order valence-corrected chi connectivity index (χ4v) is 3.79. The summed E-state index contributed by atoms with van der Waals surface area (Å²) >= 11 is 0. The number of hydrogen-bond donors (Lipinski definition) is 0. The third-order valence-electron chi connectivity index (χ3n) is 5.43. The minimum absolute atomic E-state index is 0.104. The van der Waals surface area contributed by atoms with E-state index in [1.54, 1.807) is 52.0 Å². The fraction of sp³-hybridized carbons (Fsp3) is 0.241. The number of allylic oxidation sites excluding steroid dienone is 1. The normalized spacial score (nSPS) is 12.9. The summed E-state index contributed by atoms with van der Waals surface area (Å²) in [5, 5.41) is 0.922. The number of hydrogen-bond acceptors (Lipinski definition) is 7. The van der Waals surface area contributed by atoms with Gasteiger partial charge in [-0.25, -0.2) is 14.6 Å². The molecule has 0 aliphatic heterocycles. The molecular formula is C29H27NO6. The number of esters is 1. The van der Waals surface area contributed by atoms with Crippen LogP contribution < -0.4 is 0 Å². The van der Waals surface area contributed by atoms with E-state index in [0.717, 1.165) is 10.9 Å². The first kappa shape index (κ1) is 24.9. The summed E-state index contributed by atoms with van der Waals surface area (Å²) in [7, 11) is 0. The van der Waals surface area contributed by atoms with Gasteiger partial charge in [0.15, 0.2) is 11.5 Å². The van der Waals surface area contributed by atoms with Crippen LogP contribution in [0.15, 0.2) is 66.7 Å². The molecule has 0 fully saturated rings. The molecule has 1 aliphatic carbocycles. The second-order valence-corrected chi connectivity index (χ2v) is 9.54. The van der Waals surface area contributed by atoms with Crippen LogP contribution >= 0.6 is 0 Å². The molecule has 0 bridgehead atoms. The van der Waals surface area contributed by atoms with Gasteiger partial charge in [0.2, 0.25) is 0 Å². The molecule has 0 radical (unpaired) electrons. The topological polar surface area (TPSA) is 91.8 Å². The van der Waals surface area contributed by atoms with E-state index in [-0.39, 0.29) is 23.7 Å². The van der Waals surface area contributed by atoms with E-state index in [9.17, 15) is 14.4 Å². The lowest BCUT2D eigenvalue weighted by molar-refractivity contribution is -0.138. The first-order valence-corrected chi connectivity index (χ1v) is 11.6. The van der Waals surface area contributed by atoms with Crippen molar-refractivity contribution in [1.29, 1.82) is 0 Å². The number of carbonyl (C=O) groups is 3. The van der Waals surface area contributed by atoms with Crippen molar-refractivity contribution in [2.45, 2.75) is 39.7 Å². The highest BCUT2D eigenvalue weighted by Gasteiger charge is 2.35. The van der Waals surface area contributed by atoms with Crippen molar-refractivity contribution in [3.05, 3.63) is 89.1 Å². The number of benzene rings is 2. The largest absolute Gasteiger partial charge is 0.514 e. The average molecular weight is 486 g/mol. The molecule has 4 rings (SSSR count). The molecular weight excluding hydrogens is 458 g/mol. The molecule has 1 heterocycles.